The highest BCUT2D eigenvalue weighted by Gasteiger charge is 2.29. The number of hydrogen-bond acceptors (Lipinski definition) is 8. The maximum Gasteiger partial charge on any atom is 0.178 e. The molecule has 0 bridgehead atoms. The molecule has 2 atom stereocenters. The summed E-state index contributed by atoms with van der Waals surface area (Å²) in [6, 6.07) is 6.59. The largest absolute Gasteiger partial charge is 0.486 e. The number of hydrogen-bond donors (Lipinski definition) is 1. The predicted molar refractivity (Wildman–Crippen MR) is 138 cm³/mol. The number of aromatic nitrogens is 3. The monoisotopic (exact) mass is 510 g/mol. The summed E-state index contributed by atoms with van der Waals surface area (Å²) in [5, 5.41) is 10.1. The van der Waals surface area contributed by atoms with Crippen LogP contribution in [0.25, 0.3) is 11.3 Å². The molecule has 0 radical (unpaired) electrons. The lowest BCUT2D eigenvalue weighted by atomic mass is 10.0. The van der Waals surface area contributed by atoms with E-state index in [4.69, 9.17) is 4.74 Å². The van der Waals surface area contributed by atoms with Gasteiger partial charge in [-0.3, -0.25) is 4.98 Å². The Morgan fingerprint density at radius 2 is 1.78 bits per heavy atom. The summed E-state index contributed by atoms with van der Waals surface area (Å²) in [5.74, 6) is -0.759. The molecule has 0 amide bonds. The lowest BCUT2D eigenvalue weighted by Crippen LogP contribution is -2.45. The van der Waals surface area contributed by atoms with Gasteiger partial charge in [0.2, 0.25) is 0 Å². The van der Waals surface area contributed by atoms with Gasteiger partial charge in [-0.05, 0) is 45.2 Å². The first kappa shape index (κ1) is 25.3. The first-order valence-electron chi connectivity index (χ1n) is 12.6. The topological polar surface area (TPSA) is 77.9 Å². The van der Waals surface area contributed by atoms with Gasteiger partial charge >= 0.3 is 0 Å². The molecule has 2 unspecified atom stereocenters. The fourth-order valence-electron chi connectivity index (χ4n) is 4.75. The van der Waals surface area contributed by atoms with Gasteiger partial charge in [0.05, 0.1) is 48.9 Å². The highest BCUT2D eigenvalue weighted by atomic mass is 19.1. The van der Waals surface area contributed by atoms with Crippen molar-refractivity contribution in [2.45, 2.75) is 32.4 Å². The van der Waals surface area contributed by atoms with Crippen LogP contribution in [0.15, 0.2) is 36.7 Å². The van der Waals surface area contributed by atoms with Crippen molar-refractivity contribution in [3.05, 3.63) is 59.8 Å². The van der Waals surface area contributed by atoms with Crippen LogP contribution in [-0.2, 0) is 6.42 Å². The van der Waals surface area contributed by atoms with E-state index in [2.05, 4.69) is 31.8 Å². The van der Waals surface area contributed by atoms with E-state index >= 15 is 4.39 Å². The average molecular weight is 511 g/mol. The van der Waals surface area contributed by atoms with E-state index in [0.717, 1.165) is 43.8 Å². The highest BCUT2D eigenvalue weighted by Crippen LogP contribution is 2.39. The van der Waals surface area contributed by atoms with Crippen LogP contribution in [0.4, 0.5) is 20.2 Å². The molecule has 10 heteroatoms. The van der Waals surface area contributed by atoms with Crippen LogP contribution in [0, 0.1) is 11.6 Å². The van der Waals surface area contributed by atoms with Gasteiger partial charge in [-0.2, -0.15) is 0 Å². The number of aliphatic hydroxyl groups is 1. The van der Waals surface area contributed by atoms with E-state index in [-0.39, 0.29) is 23.0 Å². The van der Waals surface area contributed by atoms with Crippen molar-refractivity contribution in [2.75, 3.05) is 56.2 Å². The Kier molecular flexibility index (Phi) is 7.21. The zero-order chi connectivity index (χ0) is 26.1. The molecule has 5 rings (SSSR count). The van der Waals surface area contributed by atoms with Crippen molar-refractivity contribution >= 4 is 11.4 Å². The SMILES string of the molecule is CC(O)C(C)N1CCOc2c(F)cc(-c3nc(Cc4ccc(N5CCN(C)CC5)cn4)ncc3F)cc21. The van der Waals surface area contributed by atoms with Crippen molar-refractivity contribution in [3.63, 3.8) is 0 Å². The number of rotatable bonds is 6. The molecule has 37 heavy (non-hydrogen) atoms. The summed E-state index contributed by atoms with van der Waals surface area (Å²) >= 11 is 0. The Balaban J connectivity index is 1.40. The maximum atomic E-state index is 15.1. The maximum absolute atomic E-state index is 15.1. The molecule has 3 aromatic rings. The van der Waals surface area contributed by atoms with Gasteiger partial charge in [-0.25, -0.2) is 18.7 Å². The van der Waals surface area contributed by atoms with Crippen LogP contribution >= 0.6 is 0 Å². The van der Waals surface area contributed by atoms with E-state index < -0.39 is 17.7 Å². The number of likely N-dealkylation sites (N-methyl/N-ethyl adjacent to an activating group) is 1. The fourth-order valence-corrected chi connectivity index (χ4v) is 4.75. The van der Waals surface area contributed by atoms with E-state index in [0.29, 0.717) is 31.1 Å². The van der Waals surface area contributed by atoms with Crippen LogP contribution in [-0.4, -0.2) is 83.5 Å². The smallest absolute Gasteiger partial charge is 0.178 e. The van der Waals surface area contributed by atoms with Gasteiger partial charge in [-0.1, -0.05) is 0 Å². The molecule has 2 aromatic heterocycles. The second kappa shape index (κ2) is 10.5. The van der Waals surface area contributed by atoms with Crippen LogP contribution in [0.2, 0.25) is 0 Å². The van der Waals surface area contributed by atoms with Crippen molar-refractivity contribution in [1.82, 2.24) is 19.9 Å². The van der Waals surface area contributed by atoms with E-state index in [9.17, 15) is 9.50 Å². The van der Waals surface area contributed by atoms with Crippen molar-refractivity contribution in [1.29, 1.82) is 0 Å². The molecule has 1 saturated heterocycles. The first-order chi connectivity index (χ1) is 17.8. The zero-order valence-corrected chi connectivity index (χ0v) is 21.4. The van der Waals surface area contributed by atoms with Gasteiger partial charge in [-0.15, -0.1) is 0 Å². The van der Waals surface area contributed by atoms with Gasteiger partial charge < -0.3 is 24.5 Å². The number of benzene rings is 1. The minimum atomic E-state index is -0.645. The second-order valence-corrected chi connectivity index (χ2v) is 9.79. The lowest BCUT2D eigenvalue weighted by Gasteiger charge is -2.37. The molecule has 1 fully saturated rings. The number of fused-ring (bicyclic) bond motifs is 1. The Morgan fingerprint density at radius 3 is 2.49 bits per heavy atom. The normalized spacial score (nSPS) is 17.8. The summed E-state index contributed by atoms with van der Waals surface area (Å²) in [6.07, 6.45) is 2.63. The molecule has 0 spiro atoms. The zero-order valence-electron chi connectivity index (χ0n) is 21.4. The molecule has 8 nitrogen and oxygen atoms in total. The van der Waals surface area contributed by atoms with E-state index in [1.165, 1.54) is 6.07 Å². The quantitative estimate of drug-likeness (QED) is 0.542. The van der Waals surface area contributed by atoms with Crippen LogP contribution in [0.3, 0.4) is 0 Å². The predicted octanol–water partition coefficient (Wildman–Crippen LogP) is 3.13. The van der Waals surface area contributed by atoms with Crippen LogP contribution < -0.4 is 14.5 Å². The molecule has 2 aliphatic rings. The summed E-state index contributed by atoms with van der Waals surface area (Å²) in [6.45, 7) is 8.26. The van der Waals surface area contributed by atoms with Crippen LogP contribution in [0.5, 0.6) is 5.75 Å². The summed E-state index contributed by atoms with van der Waals surface area (Å²) < 4.78 is 35.5. The number of halogens is 2. The minimum absolute atomic E-state index is 0.0102. The number of nitrogens with zero attached hydrogens (tertiary/aromatic N) is 6. The van der Waals surface area contributed by atoms with E-state index in [1.807, 2.05) is 30.2 Å². The first-order valence-corrected chi connectivity index (χ1v) is 12.6. The number of aliphatic hydroxyl groups excluding tert-OH is 1. The number of piperazine rings is 1. The molecule has 0 aliphatic carbocycles. The third-order valence-electron chi connectivity index (χ3n) is 7.19. The minimum Gasteiger partial charge on any atom is -0.486 e. The van der Waals surface area contributed by atoms with Crippen molar-refractivity contribution in [2.24, 2.45) is 0 Å². The molecule has 2 aliphatic heterocycles. The Morgan fingerprint density at radius 1 is 1.00 bits per heavy atom. The number of pyridine rings is 1. The third kappa shape index (κ3) is 5.35. The number of anilines is 2. The second-order valence-electron chi connectivity index (χ2n) is 9.79. The molecular formula is C27H32F2N6O2. The van der Waals surface area contributed by atoms with Gasteiger partial charge in [0, 0.05) is 37.4 Å². The van der Waals surface area contributed by atoms with E-state index in [1.54, 1.807) is 13.0 Å². The molecular weight excluding hydrogens is 478 g/mol. The van der Waals surface area contributed by atoms with Crippen molar-refractivity contribution in [3.8, 4) is 17.0 Å². The lowest BCUT2D eigenvalue weighted by molar-refractivity contribution is 0.159. The van der Waals surface area contributed by atoms with Gasteiger partial charge in [0.15, 0.2) is 17.4 Å². The third-order valence-corrected chi connectivity index (χ3v) is 7.19. The van der Waals surface area contributed by atoms with Crippen LogP contribution in [0.1, 0.15) is 25.4 Å². The Labute approximate surface area is 215 Å². The molecule has 1 aromatic carbocycles. The summed E-state index contributed by atoms with van der Waals surface area (Å²) in [4.78, 5) is 19.6. The standard InChI is InChI=1S/C27H32F2N6O2/c1-17(18(2)36)35-10-11-37-27-22(28)12-19(13-24(27)35)26-23(29)16-31-25(32-26)14-20-4-5-21(15-30-20)34-8-6-33(3)7-9-34/h4-5,12-13,15-18,36H,6-11,14H2,1-3H3. The number of ether oxygens (including phenoxy) is 1. The summed E-state index contributed by atoms with van der Waals surface area (Å²) in [7, 11) is 2.12. The molecule has 0 saturated carbocycles. The van der Waals surface area contributed by atoms with Crippen molar-refractivity contribution < 1.29 is 18.6 Å². The molecule has 4 heterocycles. The average Bonchev–Trinajstić information content (AvgIpc) is 2.90. The van der Waals surface area contributed by atoms with Gasteiger partial charge in [0.1, 0.15) is 18.1 Å². The fraction of sp³-hybridized carbons (Fsp3) is 0.444. The highest BCUT2D eigenvalue weighted by molar-refractivity contribution is 5.72. The van der Waals surface area contributed by atoms with Gasteiger partial charge in [0.25, 0.3) is 0 Å². The Bertz CT molecular complexity index is 1250. The molecule has 1 N–H and O–H groups in total. The summed E-state index contributed by atoms with van der Waals surface area (Å²) in [5.41, 5.74) is 2.59. The Hall–Kier alpha value is -3.37. The molecule has 196 valence electrons.